The lowest BCUT2D eigenvalue weighted by Crippen LogP contribution is -2.41. The maximum Gasteiger partial charge on any atom is 0.234 e. The second-order valence-corrected chi connectivity index (χ2v) is 6.51. The normalized spacial score (nSPS) is 15.6. The summed E-state index contributed by atoms with van der Waals surface area (Å²) in [6.45, 7) is 1.10. The predicted molar refractivity (Wildman–Crippen MR) is 91.0 cm³/mol. The number of hydrogen-bond donors (Lipinski definition) is 2. The van der Waals surface area contributed by atoms with Gasteiger partial charge in [-0.3, -0.25) is 9.69 Å². The number of rotatable bonds is 6. The summed E-state index contributed by atoms with van der Waals surface area (Å²) in [6.07, 6.45) is 5.97. The zero-order valence-electron chi connectivity index (χ0n) is 14.0. The molecule has 7 heteroatoms. The quantitative estimate of drug-likeness (QED) is 0.843. The first-order chi connectivity index (χ1) is 11.7. The number of amides is 1. The highest BCUT2D eigenvalue weighted by Gasteiger charge is 2.16. The minimum Gasteiger partial charge on any atom is -0.352 e. The molecule has 0 atom stereocenters. The van der Waals surface area contributed by atoms with E-state index in [0.717, 1.165) is 24.0 Å². The van der Waals surface area contributed by atoms with Crippen molar-refractivity contribution in [1.29, 1.82) is 0 Å². The summed E-state index contributed by atoms with van der Waals surface area (Å²) < 4.78 is 0. The number of H-pyrrole nitrogens is 1. The first-order valence-corrected chi connectivity index (χ1v) is 8.51. The second-order valence-electron chi connectivity index (χ2n) is 6.51. The van der Waals surface area contributed by atoms with Gasteiger partial charge in [0, 0.05) is 18.2 Å². The van der Waals surface area contributed by atoms with Crippen LogP contribution in [-0.4, -0.2) is 51.1 Å². The number of aromatic nitrogens is 4. The van der Waals surface area contributed by atoms with Gasteiger partial charge in [-0.25, -0.2) is 0 Å². The van der Waals surface area contributed by atoms with Crippen molar-refractivity contribution in [2.75, 3.05) is 13.6 Å². The van der Waals surface area contributed by atoms with Crippen LogP contribution in [0.2, 0.25) is 0 Å². The fraction of sp³-hybridized carbons (Fsp3) is 0.529. The van der Waals surface area contributed by atoms with Crippen LogP contribution in [0.25, 0.3) is 11.4 Å². The number of aromatic amines is 1. The summed E-state index contributed by atoms with van der Waals surface area (Å²) in [5, 5.41) is 17.2. The average molecular weight is 328 g/mol. The molecule has 7 nitrogen and oxygen atoms in total. The third kappa shape index (κ3) is 4.61. The van der Waals surface area contributed by atoms with Crippen LogP contribution in [0.3, 0.4) is 0 Å². The number of hydrogen-bond acceptors (Lipinski definition) is 5. The zero-order valence-corrected chi connectivity index (χ0v) is 14.0. The van der Waals surface area contributed by atoms with E-state index in [1.165, 1.54) is 19.3 Å². The molecule has 1 aliphatic carbocycles. The Morgan fingerprint density at radius 3 is 2.92 bits per heavy atom. The molecule has 3 rings (SSSR count). The highest BCUT2D eigenvalue weighted by molar-refractivity contribution is 5.78. The minimum absolute atomic E-state index is 0.110. The van der Waals surface area contributed by atoms with Crippen LogP contribution < -0.4 is 5.32 Å². The van der Waals surface area contributed by atoms with Gasteiger partial charge < -0.3 is 5.32 Å². The molecule has 1 aromatic carbocycles. The van der Waals surface area contributed by atoms with Gasteiger partial charge in [-0.15, -0.1) is 10.2 Å². The molecule has 24 heavy (non-hydrogen) atoms. The van der Waals surface area contributed by atoms with Gasteiger partial charge in [-0.2, -0.15) is 5.21 Å². The third-order valence-corrected chi connectivity index (χ3v) is 4.37. The van der Waals surface area contributed by atoms with E-state index in [0.29, 0.717) is 25.0 Å². The van der Waals surface area contributed by atoms with Crippen molar-refractivity contribution in [3.05, 3.63) is 29.8 Å². The standard InChI is InChI=1S/C17H24N6O/c1-23(12-16(24)18-15-8-3-2-4-9-15)11-13-6-5-7-14(10-13)17-19-21-22-20-17/h5-7,10,15H,2-4,8-9,11-12H2,1H3,(H,18,24)(H,19,20,21,22). The monoisotopic (exact) mass is 328 g/mol. The van der Waals surface area contributed by atoms with Gasteiger partial charge in [0.2, 0.25) is 11.7 Å². The number of likely N-dealkylation sites (N-methyl/N-ethyl adjacent to an activating group) is 1. The lowest BCUT2D eigenvalue weighted by Gasteiger charge is -2.24. The van der Waals surface area contributed by atoms with E-state index in [1.807, 2.05) is 36.2 Å². The van der Waals surface area contributed by atoms with E-state index in [1.54, 1.807) is 0 Å². The molecule has 0 spiro atoms. The second kappa shape index (κ2) is 8.01. The van der Waals surface area contributed by atoms with Crippen molar-refractivity contribution in [3.8, 4) is 11.4 Å². The fourth-order valence-electron chi connectivity index (χ4n) is 3.23. The number of carbonyl (C=O) groups is 1. The number of nitrogens with zero attached hydrogens (tertiary/aromatic N) is 4. The lowest BCUT2D eigenvalue weighted by atomic mass is 9.95. The molecule has 1 aliphatic rings. The Balaban J connectivity index is 1.52. The minimum atomic E-state index is 0.110. The van der Waals surface area contributed by atoms with E-state index >= 15 is 0 Å². The van der Waals surface area contributed by atoms with Crippen molar-refractivity contribution in [3.63, 3.8) is 0 Å². The molecule has 1 saturated carbocycles. The Labute approximate surface area is 141 Å². The van der Waals surface area contributed by atoms with Crippen molar-refractivity contribution < 1.29 is 4.79 Å². The summed E-state index contributed by atoms with van der Waals surface area (Å²) in [5.74, 6) is 0.688. The topological polar surface area (TPSA) is 86.8 Å². The molecule has 1 fully saturated rings. The molecule has 2 aromatic rings. The van der Waals surface area contributed by atoms with Gasteiger partial charge in [-0.1, -0.05) is 37.5 Å². The van der Waals surface area contributed by atoms with Crippen molar-refractivity contribution in [1.82, 2.24) is 30.8 Å². The van der Waals surface area contributed by atoms with E-state index in [2.05, 4.69) is 25.9 Å². The summed E-state index contributed by atoms with van der Waals surface area (Å²) in [5.41, 5.74) is 2.03. The van der Waals surface area contributed by atoms with Crippen LogP contribution in [0.5, 0.6) is 0 Å². The largest absolute Gasteiger partial charge is 0.352 e. The highest BCUT2D eigenvalue weighted by Crippen LogP contribution is 2.18. The van der Waals surface area contributed by atoms with Gasteiger partial charge in [-0.05, 0) is 36.7 Å². The smallest absolute Gasteiger partial charge is 0.234 e. The van der Waals surface area contributed by atoms with Gasteiger partial charge in [0.05, 0.1) is 6.54 Å². The molecule has 2 N–H and O–H groups in total. The van der Waals surface area contributed by atoms with Gasteiger partial charge in [0.15, 0.2) is 0 Å². The van der Waals surface area contributed by atoms with E-state index in [-0.39, 0.29) is 5.91 Å². The Bertz CT molecular complexity index is 651. The lowest BCUT2D eigenvalue weighted by molar-refractivity contribution is -0.123. The highest BCUT2D eigenvalue weighted by atomic mass is 16.2. The molecule has 0 radical (unpaired) electrons. The summed E-state index contributed by atoms with van der Waals surface area (Å²) in [7, 11) is 1.96. The predicted octanol–water partition coefficient (Wildman–Crippen LogP) is 1.75. The molecule has 128 valence electrons. The van der Waals surface area contributed by atoms with Gasteiger partial charge in [0.25, 0.3) is 0 Å². The van der Waals surface area contributed by atoms with Crippen LogP contribution in [0.4, 0.5) is 0 Å². The molecule has 1 heterocycles. The molecule has 0 saturated heterocycles. The fourth-order valence-corrected chi connectivity index (χ4v) is 3.23. The van der Waals surface area contributed by atoms with Crippen LogP contribution in [0, 0.1) is 0 Å². The molecular weight excluding hydrogens is 304 g/mol. The Morgan fingerprint density at radius 1 is 1.33 bits per heavy atom. The van der Waals surface area contributed by atoms with Crippen LogP contribution in [-0.2, 0) is 11.3 Å². The molecule has 0 aliphatic heterocycles. The Hall–Kier alpha value is -2.28. The van der Waals surface area contributed by atoms with E-state index < -0.39 is 0 Å². The van der Waals surface area contributed by atoms with Crippen molar-refractivity contribution in [2.45, 2.75) is 44.7 Å². The van der Waals surface area contributed by atoms with E-state index in [9.17, 15) is 4.79 Å². The molecule has 1 aromatic heterocycles. The number of tetrazole rings is 1. The van der Waals surface area contributed by atoms with Crippen LogP contribution in [0.1, 0.15) is 37.7 Å². The maximum atomic E-state index is 12.2. The maximum absolute atomic E-state index is 12.2. The summed E-state index contributed by atoms with van der Waals surface area (Å²) >= 11 is 0. The Morgan fingerprint density at radius 2 is 2.17 bits per heavy atom. The molecular formula is C17H24N6O. The molecule has 0 unspecified atom stereocenters. The van der Waals surface area contributed by atoms with E-state index in [4.69, 9.17) is 0 Å². The first kappa shape index (κ1) is 16.6. The van der Waals surface area contributed by atoms with Crippen molar-refractivity contribution >= 4 is 5.91 Å². The van der Waals surface area contributed by atoms with Crippen molar-refractivity contribution in [2.24, 2.45) is 0 Å². The number of nitrogens with one attached hydrogen (secondary N) is 2. The average Bonchev–Trinajstić information content (AvgIpc) is 3.10. The number of benzene rings is 1. The summed E-state index contributed by atoms with van der Waals surface area (Å²) in [6, 6.07) is 8.35. The van der Waals surface area contributed by atoms with Crippen LogP contribution >= 0.6 is 0 Å². The zero-order chi connectivity index (χ0) is 16.8. The van der Waals surface area contributed by atoms with Gasteiger partial charge >= 0.3 is 0 Å². The Kier molecular flexibility index (Phi) is 5.53. The molecule has 0 bridgehead atoms. The third-order valence-electron chi connectivity index (χ3n) is 4.37. The SMILES string of the molecule is CN(CC(=O)NC1CCCCC1)Cc1cccc(-c2nn[nH]n2)c1. The van der Waals surface area contributed by atoms with Gasteiger partial charge in [0.1, 0.15) is 0 Å². The van der Waals surface area contributed by atoms with Crippen LogP contribution in [0.15, 0.2) is 24.3 Å². The molecule has 1 amide bonds. The first-order valence-electron chi connectivity index (χ1n) is 8.51. The summed E-state index contributed by atoms with van der Waals surface area (Å²) in [4.78, 5) is 14.2. The number of carbonyl (C=O) groups excluding carboxylic acids is 1.